The summed E-state index contributed by atoms with van der Waals surface area (Å²) >= 11 is 1.56. The Morgan fingerprint density at radius 2 is 1.96 bits per heavy atom. The maximum absolute atomic E-state index is 12.5. The molecule has 150 valence electrons. The molecular weight excluding hydrogens is 374 g/mol. The highest BCUT2D eigenvalue weighted by atomic mass is 32.1. The van der Waals surface area contributed by atoms with Crippen molar-refractivity contribution in [3.05, 3.63) is 50.4 Å². The van der Waals surface area contributed by atoms with E-state index in [1.54, 1.807) is 18.4 Å². The van der Waals surface area contributed by atoms with Gasteiger partial charge in [0.25, 0.3) is 5.56 Å². The van der Waals surface area contributed by atoms with Gasteiger partial charge in [-0.2, -0.15) is 0 Å². The van der Waals surface area contributed by atoms with E-state index in [1.165, 1.54) is 0 Å². The standard InChI is InChI=1S/C21H27N3O3S/c1-11(2)27-16-8-7-15(9-17(16)26-6)10-22-13(4)19-23-20(25)18-12(3)14(5)28-21(18)24-19/h7-9,11,13,22H,10H2,1-6H3,(H,23,24,25). The largest absolute Gasteiger partial charge is 0.493 e. The molecule has 0 saturated heterocycles. The third-order valence-corrected chi connectivity index (χ3v) is 5.77. The fraction of sp³-hybridized carbons (Fsp3) is 0.429. The normalized spacial score (nSPS) is 12.5. The minimum absolute atomic E-state index is 0.0765. The second-order valence-corrected chi connectivity index (χ2v) is 8.37. The lowest BCUT2D eigenvalue weighted by atomic mass is 10.1. The molecule has 0 radical (unpaired) electrons. The van der Waals surface area contributed by atoms with E-state index >= 15 is 0 Å². The van der Waals surface area contributed by atoms with E-state index in [0.29, 0.717) is 23.5 Å². The molecular formula is C21H27N3O3S. The van der Waals surface area contributed by atoms with Gasteiger partial charge in [0, 0.05) is 11.4 Å². The van der Waals surface area contributed by atoms with Gasteiger partial charge in [-0.05, 0) is 57.9 Å². The Morgan fingerprint density at radius 3 is 2.64 bits per heavy atom. The minimum atomic E-state index is -0.0996. The molecule has 28 heavy (non-hydrogen) atoms. The van der Waals surface area contributed by atoms with Crippen molar-refractivity contribution in [1.82, 2.24) is 15.3 Å². The van der Waals surface area contributed by atoms with E-state index < -0.39 is 0 Å². The molecule has 3 aromatic rings. The zero-order valence-electron chi connectivity index (χ0n) is 17.2. The quantitative estimate of drug-likeness (QED) is 0.619. The monoisotopic (exact) mass is 401 g/mol. The van der Waals surface area contributed by atoms with Crippen LogP contribution in [0.2, 0.25) is 0 Å². The van der Waals surface area contributed by atoms with Crippen LogP contribution >= 0.6 is 11.3 Å². The maximum atomic E-state index is 12.5. The number of methoxy groups -OCH3 is 1. The number of fused-ring (bicyclic) bond motifs is 1. The van der Waals surface area contributed by atoms with Crippen molar-refractivity contribution < 1.29 is 9.47 Å². The zero-order valence-corrected chi connectivity index (χ0v) is 18.0. The van der Waals surface area contributed by atoms with Crippen LogP contribution in [0.5, 0.6) is 11.5 Å². The van der Waals surface area contributed by atoms with Crippen LogP contribution < -0.4 is 20.3 Å². The predicted octanol–water partition coefficient (Wildman–Crippen LogP) is 4.25. The van der Waals surface area contributed by atoms with Crippen LogP contribution in [0.25, 0.3) is 10.2 Å². The van der Waals surface area contributed by atoms with Gasteiger partial charge in [-0.3, -0.25) is 4.79 Å². The third-order valence-electron chi connectivity index (χ3n) is 4.67. The summed E-state index contributed by atoms with van der Waals surface area (Å²) in [6.07, 6.45) is 0.0836. The summed E-state index contributed by atoms with van der Waals surface area (Å²) in [5.41, 5.74) is 2.00. The molecule has 2 N–H and O–H groups in total. The molecule has 0 spiro atoms. The SMILES string of the molecule is COc1cc(CNC(C)c2nc3sc(C)c(C)c3c(=O)[nH]2)ccc1OC(C)C. The van der Waals surface area contributed by atoms with Gasteiger partial charge in [0.05, 0.1) is 24.6 Å². The number of aryl methyl sites for hydroxylation is 2. The first-order valence-corrected chi connectivity index (χ1v) is 10.2. The lowest BCUT2D eigenvalue weighted by Gasteiger charge is -2.16. The zero-order chi connectivity index (χ0) is 20.4. The van der Waals surface area contributed by atoms with Gasteiger partial charge in [0.2, 0.25) is 0 Å². The minimum Gasteiger partial charge on any atom is -0.493 e. The number of nitrogens with zero attached hydrogens (tertiary/aromatic N) is 1. The molecule has 0 bridgehead atoms. The van der Waals surface area contributed by atoms with Gasteiger partial charge in [-0.1, -0.05) is 6.07 Å². The van der Waals surface area contributed by atoms with Crippen LogP contribution in [-0.4, -0.2) is 23.2 Å². The number of nitrogens with one attached hydrogen (secondary N) is 2. The predicted molar refractivity (Wildman–Crippen MR) is 114 cm³/mol. The average Bonchev–Trinajstić information content (AvgIpc) is 2.94. The Morgan fingerprint density at radius 1 is 1.21 bits per heavy atom. The number of aromatic nitrogens is 2. The lowest BCUT2D eigenvalue weighted by Crippen LogP contribution is -2.23. The number of hydrogen-bond acceptors (Lipinski definition) is 6. The van der Waals surface area contributed by atoms with E-state index in [0.717, 1.165) is 26.6 Å². The Balaban J connectivity index is 1.76. The molecule has 3 rings (SSSR count). The molecule has 0 aliphatic heterocycles. The smallest absolute Gasteiger partial charge is 0.259 e. The molecule has 0 aliphatic carbocycles. The number of aromatic amines is 1. The summed E-state index contributed by atoms with van der Waals surface area (Å²) in [4.78, 5) is 22.0. The molecule has 0 fully saturated rings. The van der Waals surface area contributed by atoms with Crippen molar-refractivity contribution in [3.8, 4) is 11.5 Å². The molecule has 2 aromatic heterocycles. The first-order valence-electron chi connectivity index (χ1n) is 9.37. The Hall–Kier alpha value is -2.38. The first kappa shape index (κ1) is 20.4. The summed E-state index contributed by atoms with van der Waals surface area (Å²) < 4.78 is 11.2. The fourth-order valence-electron chi connectivity index (χ4n) is 3.02. The summed E-state index contributed by atoms with van der Waals surface area (Å²) in [6, 6.07) is 5.79. The number of H-pyrrole nitrogens is 1. The van der Waals surface area contributed by atoms with E-state index in [-0.39, 0.29) is 17.7 Å². The topological polar surface area (TPSA) is 76.2 Å². The van der Waals surface area contributed by atoms with Crippen molar-refractivity contribution in [2.24, 2.45) is 0 Å². The molecule has 6 nitrogen and oxygen atoms in total. The Labute approximate surface area is 168 Å². The molecule has 1 atom stereocenters. The molecule has 2 heterocycles. The van der Waals surface area contributed by atoms with Gasteiger partial charge in [-0.25, -0.2) is 4.98 Å². The van der Waals surface area contributed by atoms with E-state index in [2.05, 4.69) is 15.3 Å². The van der Waals surface area contributed by atoms with Crippen molar-refractivity contribution >= 4 is 21.6 Å². The van der Waals surface area contributed by atoms with Crippen molar-refractivity contribution in [2.45, 2.75) is 53.3 Å². The average molecular weight is 402 g/mol. The molecule has 1 aromatic carbocycles. The molecule has 0 aliphatic rings. The molecule has 0 saturated carbocycles. The second-order valence-electron chi connectivity index (χ2n) is 7.17. The fourth-order valence-corrected chi connectivity index (χ4v) is 4.05. The number of thiophene rings is 1. The van der Waals surface area contributed by atoms with E-state index in [4.69, 9.17) is 9.47 Å². The summed E-state index contributed by atoms with van der Waals surface area (Å²) in [6.45, 7) is 10.6. The number of ether oxygens (including phenoxy) is 2. The molecule has 0 amide bonds. The Bertz CT molecular complexity index is 1040. The summed E-state index contributed by atoms with van der Waals surface area (Å²) in [7, 11) is 1.64. The van der Waals surface area contributed by atoms with Crippen molar-refractivity contribution in [3.63, 3.8) is 0 Å². The van der Waals surface area contributed by atoms with Gasteiger partial charge >= 0.3 is 0 Å². The van der Waals surface area contributed by atoms with E-state index in [9.17, 15) is 4.79 Å². The van der Waals surface area contributed by atoms with Gasteiger partial charge in [-0.15, -0.1) is 11.3 Å². The Kier molecular flexibility index (Phi) is 6.05. The van der Waals surface area contributed by atoms with Gasteiger partial charge in [0.1, 0.15) is 10.7 Å². The van der Waals surface area contributed by atoms with Crippen LogP contribution in [-0.2, 0) is 6.54 Å². The van der Waals surface area contributed by atoms with Crippen LogP contribution in [0.3, 0.4) is 0 Å². The first-order chi connectivity index (χ1) is 13.3. The number of benzene rings is 1. The lowest BCUT2D eigenvalue weighted by molar-refractivity contribution is 0.230. The van der Waals surface area contributed by atoms with Gasteiger partial charge < -0.3 is 19.8 Å². The number of hydrogen-bond donors (Lipinski definition) is 2. The second kappa shape index (κ2) is 8.32. The summed E-state index contributed by atoms with van der Waals surface area (Å²) in [5, 5.41) is 4.11. The highest BCUT2D eigenvalue weighted by Crippen LogP contribution is 2.29. The highest BCUT2D eigenvalue weighted by Gasteiger charge is 2.15. The number of rotatable bonds is 7. The molecule has 1 unspecified atom stereocenters. The third kappa shape index (κ3) is 4.20. The maximum Gasteiger partial charge on any atom is 0.259 e. The van der Waals surface area contributed by atoms with Crippen molar-refractivity contribution in [2.75, 3.05) is 7.11 Å². The molecule has 7 heteroatoms. The van der Waals surface area contributed by atoms with Crippen LogP contribution in [0, 0.1) is 13.8 Å². The summed E-state index contributed by atoms with van der Waals surface area (Å²) in [5.74, 6) is 2.08. The van der Waals surface area contributed by atoms with Crippen LogP contribution in [0.4, 0.5) is 0 Å². The van der Waals surface area contributed by atoms with Crippen molar-refractivity contribution in [1.29, 1.82) is 0 Å². The van der Waals surface area contributed by atoms with Gasteiger partial charge in [0.15, 0.2) is 11.5 Å². The van der Waals surface area contributed by atoms with E-state index in [1.807, 2.05) is 52.8 Å². The van der Waals surface area contributed by atoms with Crippen LogP contribution in [0.1, 0.15) is 48.6 Å². The van der Waals surface area contributed by atoms with Crippen LogP contribution in [0.15, 0.2) is 23.0 Å². The highest BCUT2D eigenvalue weighted by molar-refractivity contribution is 7.18.